The van der Waals surface area contributed by atoms with Crippen molar-refractivity contribution in [3.05, 3.63) is 59.2 Å². The van der Waals surface area contributed by atoms with Crippen LogP contribution in [0, 0.1) is 0 Å². The zero-order chi connectivity index (χ0) is 27.3. The van der Waals surface area contributed by atoms with E-state index in [2.05, 4.69) is 70.1 Å². The number of nitrogens with zero attached hydrogens (tertiary/aromatic N) is 6. The summed E-state index contributed by atoms with van der Waals surface area (Å²) in [4.78, 5) is 16.8. The highest BCUT2D eigenvalue weighted by Gasteiger charge is 2.37. The Morgan fingerprint density at radius 3 is 2.42 bits per heavy atom. The van der Waals surface area contributed by atoms with E-state index in [1.54, 1.807) is 7.05 Å². The molecule has 1 atom stereocenters. The molecular formula is C28H43ClN6O. The molecule has 0 amide bonds. The zero-order valence-electron chi connectivity index (χ0n) is 23.3. The van der Waals surface area contributed by atoms with Gasteiger partial charge in [-0.15, -0.1) is 0 Å². The number of allylic oxidation sites excluding steroid dienone is 1. The summed E-state index contributed by atoms with van der Waals surface area (Å²) in [5.74, 6) is 2.92. The van der Waals surface area contributed by atoms with Crippen molar-refractivity contribution in [2.45, 2.75) is 72.4 Å². The first-order chi connectivity index (χ1) is 17.3. The van der Waals surface area contributed by atoms with Crippen LogP contribution in [0.3, 0.4) is 0 Å². The maximum Gasteiger partial charge on any atom is 0.249 e. The molecule has 1 unspecified atom stereocenters. The third-order valence-corrected chi connectivity index (χ3v) is 5.81. The van der Waals surface area contributed by atoms with Crippen LogP contribution >= 0.6 is 11.6 Å². The molecule has 8 heteroatoms. The summed E-state index contributed by atoms with van der Waals surface area (Å²) in [6, 6.07) is 7.76. The molecule has 1 aromatic heterocycles. The van der Waals surface area contributed by atoms with Crippen LogP contribution in [0.5, 0.6) is 0 Å². The van der Waals surface area contributed by atoms with Crippen molar-refractivity contribution in [2.75, 3.05) is 21.1 Å². The van der Waals surface area contributed by atoms with E-state index in [0.29, 0.717) is 22.8 Å². The van der Waals surface area contributed by atoms with E-state index in [1.165, 1.54) is 5.57 Å². The molecule has 1 saturated carbocycles. The molecule has 2 aromatic rings. The highest BCUT2D eigenvalue weighted by atomic mass is 35.5. The standard InChI is InChI=1S/C24H32ClN5O.C2H5N.C2H6/c1-7-10-18(8-2)23(26-5)29(6)17(4)30(21-13-14-21)16(3)24-27-22(28-31-24)19-11-9-12-20(25)15-19;1-3-2;1-2/h9-12,15-16,21H,4,7-8,13-14H2,1-3,5-6H3;1H2,2H3;1-2H3/b18-10+,26-23?;;. The van der Waals surface area contributed by atoms with Gasteiger partial charge in [-0.1, -0.05) is 69.2 Å². The number of rotatable bonds is 9. The number of benzene rings is 1. The number of halogens is 1. The molecule has 0 bridgehead atoms. The second-order valence-corrected chi connectivity index (χ2v) is 8.55. The third kappa shape index (κ3) is 8.33. The van der Waals surface area contributed by atoms with Gasteiger partial charge in [-0.05, 0) is 57.0 Å². The minimum absolute atomic E-state index is 0.110. The smallest absolute Gasteiger partial charge is 0.249 e. The summed E-state index contributed by atoms with van der Waals surface area (Å²) in [6.45, 7) is 17.9. The largest absolute Gasteiger partial charge is 0.344 e. The molecule has 1 aliphatic carbocycles. The third-order valence-electron chi connectivity index (χ3n) is 5.57. The van der Waals surface area contributed by atoms with Crippen molar-refractivity contribution >= 4 is 24.2 Å². The van der Waals surface area contributed by atoms with E-state index in [1.807, 2.05) is 52.2 Å². The first-order valence-corrected chi connectivity index (χ1v) is 13.0. The van der Waals surface area contributed by atoms with Crippen molar-refractivity contribution in [1.82, 2.24) is 19.9 Å². The highest BCUT2D eigenvalue weighted by Crippen LogP contribution is 2.38. The molecule has 0 saturated heterocycles. The lowest BCUT2D eigenvalue weighted by molar-refractivity contribution is 0.178. The van der Waals surface area contributed by atoms with Gasteiger partial charge in [0.05, 0.1) is 0 Å². The van der Waals surface area contributed by atoms with Crippen LogP contribution in [0.1, 0.15) is 72.2 Å². The fourth-order valence-electron chi connectivity index (χ4n) is 3.82. The van der Waals surface area contributed by atoms with Gasteiger partial charge in [0.1, 0.15) is 17.7 Å². The van der Waals surface area contributed by atoms with Crippen molar-refractivity contribution < 1.29 is 4.52 Å². The molecule has 3 rings (SSSR count). The Labute approximate surface area is 222 Å². The molecule has 1 aliphatic rings. The van der Waals surface area contributed by atoms with Crippen LogP contribution in [0.15, 0.2) is 62.8 Å². The normalized spacial score (nSPS) is 14.0. The summed E-state index contributed by atoms with van der Waals surface area (Å²) in [7, 11) is 5.50. The lowest BCUT2D eigenvalue weighted by Gasteiger charge is -2.36. The molecule has 0 spiro atoms. The molecule has 1 fully saturated rings. The van der Waals surface area contributed by atoms with Gasteiger partial charge in [0, 0.05) is 37.8 Å². The summed E-state index contributed by atoms with van der Waals surface area (Å²) in [6.07, 6.45) is 6.36. The van der Waals surface area contributed by atoms with Gasteiger partial charge in [0.25, 0.3) is 0 Å². The van der Waals surface area contributed by atoms with Gasteiger partial charge >= 0.3 is 0 Å². The monoisotopic (exact) mass is 514 g/mol. The Morgan fingerprint density at radius 2 is 1.92 bits per heavy atom. The van der Waals surface area contributed by atoms with Crippen molar-refractivity contribution in [3.63, 3.8) is 0 Å². The zero-order valence-corrected chi connectivity index (χ0v) is 24.0. The van der Waals surface area contributed by atoms with E-state index >= 15 is 0 Å². The number of hydrogen-bond donors (Lipinski definition) is 0. The van der Waals surface area contributed by atoms with Crippen LogP contribution in [-0.4, -0.2) is 59.7 Å². The van der Waals surface area contributed by atoms with E-state index < -0.39 is 0 Å². The van der Waals surface area contributed by atoms with Gasteiger partial charge in [-0.3, -0.25) is 4.99 Å². The van der Waals surface area contributed by atoms with Crippen molar-refractivity contribution in [1.29, 1.82) is 0 Å². The number of hydrogen-bond acceptors (Lipinski definition) is 6. The fourth-order valence-corrected chi connectivity index (χ4v) is 4.01. The number of aliphatic imine (C=N–C) groups is 2. The molecule has 1 aromatic carbocycles. The molecule has 1 heterocycles. The van der Waals surface area contributed by atoms with Crippen LogP contribution in [0.2, 0.25) is 5.02 Å². The van der Waals surface area contributed by atoms with E-state index in [9.17, 15) is 0 Å². The van der Waals surface area contributed by atoms with Crippen LogP contribution < -0.4 is 0 Å². The minimum Gasteiger partial charge on any atom is -0.344 e. The second-order valence-electron chi connectivity index (χ2n) is 8.11. The van der Waals surface area contributed by atoms with Gasteiger partial charge in [-0.25, -0.2) is 0 Å². The summed E-state index contributed by atoms with van der Waals surface area (Å²) >= 11 is 6.12. The Balaban J connectivity index is 0.00000120. The Hall–Kier alpha value is -2.93. The number of amidine groups is 1. The quantitative estimate of drug-likeness (QED) is 0.257. The summed E-state index contributed by atoms with van der Waals surface area (Å²) in [5, 5.41) is 4.83. The summed E-state index contributed by atoms with van der Waals surface area (Å²) in [5.41, 5.74) is 2.05. The predicted octanol–water partition coefficient (Wildman–Crippen LogP) is 7.44. The van der Waals surface area contributed by atoms with Gasteiger partial charge in [-0.2, -0.15) is 4.98 Å². The van der Waals surface area contributed by atoms with Gasteiger partial charge < -0.3 is 19.3 Å². The Kier molecular flexibility index (Phi) is 13.8. The van der Waals surface area contributed by atoms with Crippen LogP contribution in [0.25, 0.3) is 11.4 Å². The molecule has 0 radical (unpaired) electrons. The predicted molar refractivity (Wildman–Crippen MR) is 154 cm³/mol. The van der Waals surface area contributed by atoms with Crippen molar-refractivity contribution in [3.8, 4) is 11.4 Å². The topological polar surface area (TPSA) is 70.1 Å². The average molecular weight is 515 g/mol. The molecule has 0 N–H and O–H groups in total. The lowest BCUT2D eigenvalue weighted by Crippen LogP contribution is -2.39. The molecule has 0 aliphatic heterocycles. The van der Waals surface area contributed by atoms with E-state index in [0.717, 1.165) is 42.9 Å². The Bertz CT molecular complexity index is 1020. The fraction of sp³-hybridized carbons (Fsp3) is 0.500. The van der Waals surface area contributed by atoms with E-state index in [4.69, 9.17) is 16.1 Å². The van der Waals surface area contributed by atoms with Gasteiger partial charge in [0.15, 0.2) is 0 Å². The van der Waals surface area contributed by atoms with Crippen LogP contribution in [-0.2, 0) is 0 Å². The molecule has 198 valence electrons. The number of aromatic nitrogens is 2. The first kappa shape index (κ1) is 31.1. The van der Waals surface area contributed by atoms with Crippen LogP contribution in [0.4, 0.5) is 0 Å². The molecule has 36 heavy (non-hydrogen) atoms. The molecule has 7 nitrogen and oxygen atoms in total. The van der Waals surface area contributed by atoms with Crippen molar-refractivity contribution in [2.24, 2.45) is 9.98 Å². The maximum atomic E-state index is 6.12. The lowest BCUT2D eigenvalue weighted by atomic mass is 10.1. The Morgan fingerprint density at radius 1 is 1.28 bits per heavy atom. The minimum atomic E-state index is -0.110. The maximum absolute atomic E-state index is 6.12. The first-order valence-electron chi connectivity index (χ1n) is 12.6. The average Bonchev–Trinajstić information content (AvgIpc) is 3.59. The summed E-state index contributed by atoms with van der Waals surface area (Å²) < 4.78 is 5.66. The van der Waals surface area contributed by atoms with E-state index in [-0.39, 0.29) is 6.04 Å². The highest BCUT2D eigenvalue weighted by molar-refractivity contribution is 6.30. The second kappa shape index (κ2) is 15.9. The SMILES string of the molecule is C=C(N(C)C(=NC)/C(=C/CC)CC)N(C1CC1)C(C)c1nc(-c2cccc(Cl)c2)no1.C=NC.CC. The number of likely N-dealkylation sites (N-methyl/N-ethyl adjacent to an activating group) is 1. The van der Waals surface area contributed by atoms with Gasteiger partial charge in [0.2, 0.25) is 11.7 Å². The molecular weight excluding hydrogens is 472 g/mol.